The van der Waals surface area contributed by atoms with Crippen molar-refractivity contribution < 1.29 is 18.0 Å². The van der Waals surface area contributed by atoms with Gasteiger partial charge in [-0.15, -0.1) is 11.3 Å². The molecule has 0 radical (unpaired) electrons. The summed E-state index contributed by atoms with van der Waals surface area (Å²) < 4.78 is 40.6. The largest absolute Gasteiger partial charge is 0.414 e. The quantitative estimate of drug-likeness (QED) is 0.652. The van der Waals surface area contributed by atoms with Crippen LogP contribution < -0.4 is 0 Å². The Kier molecular flexibility index (Phi) is 6.18. The molecule has 1 saturated heterocycles. The molecule has 4 nitrogen and oxygen atoms in total. The maximum Gasteiger partial charge on any atom is 0.414 e. The highest BCUT2D eigenvalue weighted by molar-refractivity contribution is 7.16. The average molecular weight is 448 g/mol. The van der Waals surface area contributed by atoms with Gasteiger partial charge in [0.2, 0.25) is 0 Å². The number of alkyl halides is 3. The van der Waals surface area contributed by atoms with E-state index in [2.05, 4.69) is 5.10 Å². The number of carbonyl (C=O) groups is 1. The molecular weight excluding hydrogens is 423 g/mol. The third kappa shape index (κ3) is 4.84. The molecule has 1 fully saturated rings. The fourth-order valence-corrected chi connectivity index (χ4v) is 4.96. The van der Waals surface area contributed by atoms with E-state index in [0.717, 1.165) is 42.9 Å². The number of allylic oxidation sites excluding steroid dienone is 1. The monoisotopic (exact) mass is 447 g/mol. The van der Waals surface area contributed by atoms with Gasteiger partial charge < -0.3 is 4.90 Å². The third-order valence-corrected chi connectivity index (χ3v) is 6.67. The van der Waals surface area contributed by atoms with Crippen LogP contribution in [0.3, 0.4) is 0 Å². The van der Waals surface area contributed by atoms with Crippen LogP contribution in [0.2, 0.25) is 0 Å². The second-order valence-corrected chi connectivity index (χ2v) is 8.96. The number of thiophene rings is 1. The summed E-state index contributed by atoms with van der Waals surface area (Å²) >= 11 is 1.30. The summed E-state index contributed by atoms with van der Waals surface area (Å²) in [6.45, 7) is 1.50. The molecule has 1 atom stereocenters. The molecule has 2 aromatic rings. The Labute approximate surface area is 183 Å². The summed E-state index contributed by atoms with van der Waals surface area (Å²) in [6, 6.07) is 11.2. The number of likely N-dealkylation sites (N-methyl/N-ethyl adjacent to an activating group) is 1. The van der Waals surface area contributed by atoms with Crippen molar-refractivity contribution in [3.05, 3.63) is 69.4 Å². The molecule has 3 heterocycles. The summed E-state index contributed by atoms with van der Waals surface area (Å²) in [5.74, 6) is -0.0116. The Morgan fingerprint density at radius 1 is 1.10 bits per heavy atom. The molecule has 31 heavy (non-hydrogen) atoms. The summed E-state index contributed by atoms with van der Waals surface area (Å²) in [6.07, 6.45) is 0.316. The number of hydrogen-bond donors (Lipinski definition) is 0. The van der Waals surface area contributed by atoms with Crippen molar-refractivity contribution in [2.75, 3.05) is 20.1 Å². The van der Waals surface area contributed by atoms with Crippen LogP contribution in [0.15, 0.2) is 59.2 Å². The van der Waals surface area contributed by atoms with Crippen molar-refractivity contribution in [1.29, 1.82) is 0 Å². The summed E-state index contributed by atoms with van der Waals surface area (Å²) in [5, 5.41) is 5.26. The highest BCUT2D eigenvalue weighted by Gasteiger charge is 2.43. The molecule has 0 aliphatic carbocycles. The molecule has 8 heteroatoms. The number of benzene rings is 1. The first kappa shape index (κ1) is 21.6. The number of likely N-dealkylation sites (tertiary alicyclic amines) is 1. The predicted molar refractivity (Wildman–Crippen MR) is 116 cm³/mol. The maximum atomic E-state index is 13.5. The Balaban J connectivity index is 1.64. The lowest BCUT2D eigenvalue weighted by Gasteiger charge is -2.31. The van der Waals surface area contributed by atoms with E-state index >= 15 is 0 Å². The molecule has 2 aliphatic rings. The van der Waals surface area contributed by atoms with Gasteiger partial charge in [0.05, 0.1) is 9.75 Å². The summed E-state index contributed by atoms with van der Waals surface area (Å²) in [5.41, 5.74) is 1.92. The van der Waals surface area contributed by atoms with Gasteiger partial charge in [0.15, 0.2) is 6.04 Å². The van der Waals surface area contributed by atoms with Crippen molar-refractivity contribution in [1.82, 2.24) is 9.91 Å². The molecule has 1 aromatic carbocycles. The first-order chi connectivity index (χ1) is 14.8. The Morgan fingerprint density at radius 3 is 2.48 bits per heavy atom. The number of nitrogens with zero attached hydrogens (tertiary/aromatic N) is 3. The molecule has 0 spiro atoms. The molecule has 0 bridgehead atoms. The zero-order valence-electron chi connectivity index (χ0n) is 17.2. The Bertz CT molecular complexity index is 991. The van der Waals surface area contributed by atoms with Gasteiger partial charge in [-0.2, -0.15) is 18.3 Å². The lowest BCUT2D eigenvalue weighted by Crippen LogP contribution is -2.42. The van der Waals surface area contributed by atoms with Crippen molar-refractivity contribution in [3.63, 3.8) is 0 Å². The van der Waals surface area contributed by atoms with Crippen LogP contribution in [0, 0.1) is 0 Å². The zero-order valence-corrected chi connectivity index (χ0v) is 18.0. The summed E-state index contributed by atoms with van der Waals surface area (Å²) in [7, 11) is 1.33. The number of hydrazone groups is 1. The maximum absolute atomic E-state index is 13.5. The number of amides is 1. The van der Waals surface area contributed by atoms with Crippen LogP contribution in [0.1, 0.15) is 39.4 Å². The molecule has 1 amide bonds. The minimum Gasteiger partial charge on any atom is -0.338 e. The van der Waals surface area contributed by atoms with Crippen LogP contribution in [0.25, 0.3) is 0 Å². The van der Waals surface area contributed by atoms with E-state index in [1.54, 1.807) is 12.1 Å². The van der Waals surface area contributed by atoms with E-state index in [4.69, 9.17) is 0 Å². The number of rotatable bonds is 4. The number of hydrogen-bond acceptors (Lipinski definition) is 4. The molecule has 0 saturated carbocycles. The average Bonchev–Trinajstić information content (AvgIpc) is 3.25. The molecule has 1 unspecified atom stereocenters. The lowest BCUT2D eigenvalue weighted by atomic mass is 9.96. The van der Waals surface area contributed by atoms with Gasteiger partial charge in [0.1, 0.15) is 5.71 Å². The number of carbonyl (C=O) groups excluding carboxylic acids is 1. The van der Waals surface area contributed by atoms with Gasteiger partial charge in [-0.3, -0.25) is 9.80 Å². The fourth-order valence-electron chi connectivity index (χ4n) is 3.97. The van der Waals surface area contributed by atoms with Gasteiger partial charge in [-0.1, -0.05) is 30.3 Å². The molecular formula is C23H24F3N3OS. The van der Waals surface area contributed by atoms with Crippen LogP contribution in [-0.2, 0) is 6.42 Å². The first-order valence-corrected chi connectivity index (χ1v) is 11.2. The first-order valence-electron chi connectivity index (χ1n) is 10.4. The smallest absolute Gasteiger partial charge is 0.338 e. The van der Waals surface area contributed by atoms with Crippen molar-refractivity contribution in [2.45, 2.75) is 37.9 Å². The van der Waals surface area contributed by atoms with E-state index in [9.17, 15) is 18.0 Å². The van der Waals surface area contributed by atoms with Crippen molar-refractivity contribution in [3.8, 4) is 0 Å². The molecule has 2 aliphatic heterocycles. The Morgan fingerprint density at radius 2 is 1.81 bits per heavy atom. The van der Waals surface area contributed by atoms with Gasteiger partial charge in [-0.05, 0) is 55.0 Å². The fraction of sp³-hybridized carbons (Fsp3) is 0.391. The van der Waals surface area contributed by atoms with E-state index in [-0.39, 0.29) is 5.91 Å². The molecule has 4 rings (SSSR count). The highest BCUT2D eigenvalue weighted by Crippen LogP contribution is 2.33. The van der Waals surface area contributed by atoms with Gasteiger partial charge in [0, 0.05) is 20.1 Å². The predicted octanol–water partition coefficient (Wildman–Crippen LogP) is 5.12. The van der Waals surface area contributed by atoms with E-state index in [1.807, 2.05) is 35.2 Å². The lowest BCUT2D eigenvalue weighted by molar-refractivity contribution is -0.167. The topological polar surface area (TPSA) is 35.9 Å². The van der Waals surface area contributed by atoms with E-state index in [1.165, 1.54) is 24.5 Å². The zero-order chi connectivity index (χ0) is 22.0. The number of halogens is 3. The summed E-state index contributed by atoms with van der Waals surface area (Å²) in [4.78, 5) is 16.0. The van der Waals surface area contributed by atoms with Crippen LogP contribution in [0.4, 0.5) is 13.2 Å². The van der Waals surface area contributed by atoms with Gasteiger partial charge in [0.25, 0.3) is 5.91 Å². The highest BCUT2D eigenvalue weighted by atomic mass is 32.1. The molecule has 1 aromatic heterocycles. The Hall–Kier alpha value is -2.61. The van der Waals surface area contributed by atoms with Crippen LogP contribution in [-0.4, -0.2) is 53.9 Å². The second-order valence-electron chi connectivity index (χ2n) is 7.88. The van der Waals surface area contributed by atoms with Crippen molar-refractivity contribution in [2.24, 2.45) is 5.10 Å². The normalized spacial score (nSPS) is 19.8. The van der Waals surface area contributed by atoms with Crippen LogP contribution in [0.5, 0.6) is 0 Å². The second kappa shape index (κ2) is 8.86. The van der Waals surface area contributed by atoms with Crippen molar-refractivity contribution >= 4 is 23.0 Å². The standard InChI is InChI=1S/C23H24F3N3OS/c1-28-20(23(24,25)26)15-17(14-16-8-4-2-5-9-16)21(27-28)18-10-11-19(31-18)22(30)29-12-6-3-7-13-29/h2,4-5,8-11,15,20H,3,6-7,12-14H2,1H3. The molecule has 0 N–H and O–H groups in total. The number of piperidine rings is 1. The minimum absolute atomic E-state index is 0.0116. The van der Waals surface area contributed by atoms with Gasteiger partial charge in [-0.25, -0.2) is 0 Å². The van der Waals surface area contributed by atoms with Gasteiger partial charge >= 0.3 is 6.18 Å². The SMILES string of the molecule is CN1N=C(c2ccc(C(=O)N3CCCCC3)s2)C(Cc2ccccc2)=CC1C(F)(F)F. The van der Waals surface area contributed by atoms with E-state index < -0.39 is 12.2 Å². The van der Waals surface area contributed by atoms with E-state index in [0.29, 0.717) is 27.5 Å². The van der Waals surface area contributed by atoms with Crippen LogP contribution >= 0.6 is 11.3 Å². The minimum atomic E-state index is -4.42. The molecule has 164 valence electrons. The third-order valence-electron chi connectivity index (χ3n) is 5.59.